The fourth-order valence-electron chi connectivity index (χ4n) is 2.91. The lowest BCUT2D eigenvalue weighted by Gasteiger charge is -2.24. The molecule has 4 unspecified atom stereocenters. The highest BCUT2D eigenvalue weighted by molar-refractivity contribution is 8.04. The van der Waals surface area contributed by atoms with Gasteiger partial charge in [0.1, 0.15) is 5.40 Å². The number of nitriles is 1. The molecular weight excluding hydrogens is 218 g/mol. The molecule has 2 rings (SSSR count). The number of hydrogen-bond donors (Lipinski definition) is 0. The van der Waals surface area contributed by atoms with E-state index < -0.39 is 9.84 Å². The first-order chi connectivity index (χ1) is 6.52. The fraction of sp³-hybridized carbons (Fsp3) is 0.889. The summed E-state index contributed by atoms with van der Waals surface area (Å²) < 4.78 is 22.8. The Kier molecular flexibility index (Phi) is 2.52. The van der Waals surface area contributed by atoms with Crippen molar-refractivity contribution in [3.05, 3.63) is 0 Å². The number of fused-ring (bicyclic) bond motifs is 2. The van der Waals surface area contributed by atoms with Gasteiger partial charge in [0.25, 0.3) is 0 Å². The van der Waals surface area contributed by atoms with E-state index in [9.17, 15) is 8.42 Å². The van der Waals surface area contributed by atoms with Crippen LogP contribution in [-0.4, -0.2) is 25.2 Å². The van der Waals surface area contributed by atoms with E-state index in [1.54, 1.807) is 0 Å². The monoisotopic (exact) mass is 231 g/mol. The summed E-state index contributed by atoms with van der Waals surface area (Å²) in [6.45, 7) is 0. The lowest BCUT2D eigenvalue weighted by atomic mass is 10.00. The molecule has 2 fully saturated rings. The van der Waals surface area contributed by atoms with Crippen molar-refractivity contribution in [3.63, 3.8) is 0 Å². The smallest absolute Gasteiger partial charge is 0.150 e. The van der Waals surface area contributed by atoms with E-state index in [4.69, 9.17) is 5.26 Å². The number of hydrogen-bond acceptors (Lipinski definition) is 4. The molecule has 4 atom stereocenters. The zero-order valence-corrected chi connectivity index (χ0v) is 9.64. The second kappa shape index (κ2) is 3.42. The maximum atomic E-state index is 11.4. The Morgan fingerprint density at radius 3 is 2.43 bits per heavy atom. The van der Waals surface area contributed by atoms with Crippen molar-refractivity contribution >= 4 is 21.6 Å². The van der Waals surface area contributed by atoms with Crippen LogP contribution in [0.4, 0.5) is 0 Å². The number of sulfone groups is 1. The van der Waals surface area contributed by atoms with Gasteiger partial charge in [-0.2, -0.15) is 5.26 Å². The highest BCUT2D eigenvalue weighted by atomic mass is 32.2. The third-order valence-electron chi connectivity index (χ3n) is 3.48. The summed E-state index contributed by atoms with van der Waals surface area (Å²) in [5.41, 5.74) is 0. The van der Waals surface area contributed by atoms with Crippen LogP contribution >= 0.6 is 11.8 Å². The van der Waals surface area contributed by atoms with Crippen LogP contribution in [0.2, 0.25) is 0 Å². The van der Waals surface area contributed by atoms with E-state index in [-0.39, 0.29) is 5.25 Å². The van der Waals surface area contributed by atoms with Crippen molar-refractivity contribution in [1.82, 2.24) is 0 Å². The Morgan fingerprint density at radius 2 is 2.00 bits per heavy atom. The molecule has 0 heterocycles. The molecule has 0 aromatic heterocycles. The fourth-order valence-corrected chi connectivity index (χ4v) is 5.32. The molecule has 0 saturated heterocycles. The minimum atomic E-state index is -2.86. The van der Waals surface area contributed by atoms with Crippen LogP contribution in [0.3, 0.4) is 0 Å². The van der Waals surface area contributed by atoms with Crippen molar-refractivity contribution in [2.45, 2.75) is 29.8 Å². The maximum absolute atomic E-state index is 11.4. The average Bonchev–Trinajstić information content (AvgIpc) is 2.61. The highest BCUT2D eigenvalue weighted by Crippen LogP contribution is 2.51. The summed E-state index contributed by atoms with van der Waals surface area (Å²) in [7, 11) is -2.86. The van der Waals surface area contributed by atoms with Crippen LogP contribution in [0.25, 0.3) is 0 Å². The van der Waals surface area contributed by atoms with Gasteiger partial charge in [-0.25, -0.2) is 8.42 Å². The SMILES string of the molecule is CS(=O)(=O)C1CC2CC1CC2SC#N. The van der Waals surface area contributed by atoms with Crippen LogP contribution in [0.1, 0.15) is 19.3 Å². The first-order valence-electron chi connectivity index (χ1n) is 4.76. The van der Waals surface area contributed by atoms with Crippen molar-refractivity contribution in [3.8, 4) is 5.40 Å². The minimum Gasteiger partial charge on any atom is -0.229 e. The van der Waals surface area contributed by atoms with Gasteiger partial charge in [-0.05, 0) is 42.9 Å². The molecule has 5 heteroatoms. The van der Waals surface area contributed by atoms with Gasteiger partial charge in [-0.1, -0.05) is 0 Å². The highest BCUT2D eigenvalue weighted by Gasteiger charge is 2.49. The van der Waals surface area contributed by atoms with Crippen molar-refractivity contribution in [2.75, 3.05) is 6.26 Å². The Balaban J connectivity index is 2.08. The predicted octanol–water partition coefficient (Wildman–Crippen LogP) is 1.41. The second-order valence-electron chi connectivity index (χ2n) is 4.34. The number of thiocyanates is 1. The molecule has 2 saturated carbocycles. The molecule has 2 aliphatic rings. The van der Waals surface area contributed by atoms with Crippen molar-refractivity contribution < 1.29 is 8.42 Å². The van der Waals surface area contributed by atoms with Crippen molar-refractivity contribution in [2.24, 2.45) is 11.8 Å². The molecule has 78 valence electrons. The van der Waals surface area contributed by atoms with E-state index in [0.29, 0.717) is 17.1 Å². The lowest BCUT2D eigenvalue weighted by Crippen LogP contribution is -2.29. The van der Waals surface area contributed by atoms with Gasteiger partial charge in [-0.15, -0.1) is 0 Å². The van der Waals surface area contributed by atoms with E-state index in [0.717, 1.165) is 19.3 Å². The number of nitrogens with zero attached hydrogens (tertiary/aromatic N) is 1. The lowest BCUT2D eigenvalue weighted by molar-refractivity contribution is 0.477. The largest absolute Gasteiger partial charge is 0.229 e. The molecule has 0 radical (unpaired) electrons. The Labute approximate surface area is 88.8 Å². The molecule has 0 aliphatic heterocycles. The van der Waals surface area contributed by atoms with Crippen molar-refractivity contribution in [1.29, 1.82) is 5.26 Å². The molecule has 0 spiro atoms. The summed E-state index contributed by atoms with van der Waals surface area (Å²) in [6, 6.07) is 0. The van der Waals surface area contributed by atoms with Crippen LogP contribution in [0, 0.1) is 22.5 Å². The molecule has 0 amide bonds. The Morgan fingerprint density at radius 1 is 1.29 bits per heavy atom. The summed E-state index contributed by atoms with van der Waals surface area (Å²) in [6.07, 6.45) is 4.05. The number of thioether (sulfide) groups is 1. The van der Waals surface area contributed by atoms with Crippen LogP contribution in [-0.2, 0) is 9.84 Å². The molecule has 2 bridgehead atoms. The summed E-state index contributed by atoms with van der Waals surface area (Å²) >= 11 is 1.33. The van der Waals surface area contributed by atoms with E-state index in [2.05, 4.69) is 5.40 Å². The predicted molar refractivity (Wildman–Crippen MR) is 56.5 cm³/mol. The number of rotatable bonds is 2. The van der Waals surface area contributed by atoms with Gasteiger partial charge in [0.2, 0.25) is 0 Å². The average molecular weight is 231 g/mol. The zero-order valence-electron chi connectivity index (χ0n) is 8.01. The molecular formula is C9H13NO2S2. The van der Waals surface area contributed by atoms with E-state index >= 15 is 0 Å². The minimum absolute atomic E-state index is 0.122. The third kappa shape index (κ3) is 1.66. The molecule has 2 aliphatic carbocycles. The molecule has 14 heavy (non-hydrogen) atoms. The zero-order chi connectivity index (χ0) is 10.3. The van der Waals surface area contributed by atoms with Gasteiger partial charge in [0.15, 0.2) is 9.84 Å². The topological polar surface area (TPSA) is 57.9 Å². The van der Waals surface area contributed by atoms with Gasteiger partial charge >= 0.3 is 0 Å². The van der Waals surface area contributed by atoms with Gasteiger partial charge in [0.05, 0.1) is 5.25 Å². The molecule has 0 aromatic carbocycles. The molecule has 0 aromatic rings. The normalized spacial score (nSPS) is 41.1. The molecule has 0 N–H and O–H groups in total. The van der Waals surface area contributed by atoms with Crippen LogP contribution < -0.4 is 0 Å². The van der Waals surface area contributed by atoms with Crippen LogP contribution in [0.15, 0.2) is 0 Å². The third-order valence-corrected chi connectivity index (χ3v) is 6.14. The van der Waals surface area contributed by atoms with E-state index in [1.807, 2.05) is 0 Å². The summed E-state index contributed by atoms with van der Waals surface area (Å²) in [5.74, 6) is 0.783. The first-order valence-corrected chi connectivity index (χ1v) is 7.59. The first kappa shape index (κ1) is 10.3. The van der Waals surface area contributed by atoms with Crippen LogP contribution in [0.5, 0.6) is 0 Å². The second-order valence-corrected chi connectivity index (χ2v) is 7.63. The summed E-state index contributed by atoms with van der Waals surface area (Å²) in [4.78, 5) is 0. The van der Waals surface area contributed by atoms with E-state index in [1.165, 1.54) is 18.0 Å². The van der Waals surface area contributed by atoms with Gasteiger partial charge in [-0.3, -0.25) is 0 Å². The molecule has 3 nitrogen and oxygen atoms in total. The maximum Gasteiger partial charge on any atom is 0.150 e. The summed E-state index contributed by atoms with van der Waals surface area (Å²) in [5, 5.41) is 11.0. The Bertz CT molecular complexity index is 371. The standard InChI is InChI=1S/C9H13NO2S2/c1-14(11,12)9-4-6-2-7(9)3-8(6)13-5-10/h6-9H,2-4H2,1H3. The van der Waals surface area contributed by atoms with Gasteiger partial charge < -0.3 is 0 Å². The Hall–Kier alpha value is -0.210. The van der Waals surface area contributed by atoms with Gasteiger partial charge in [0, 0.05) is 11.5 Å². The quantitative estimate of drug-likeness (QED) is 0.674.